The minimum absolute atomic E-state index is 0.125. The summed E-state index contributed by atoms with van der Waals surface area (Å²) in [5, 5.41) is 2.53. The summed E-state index contributed by atoms with van der Waals surface area (Å²) < 4.78 is 4.74. The Morgan fingerprint density at radius 1 is 1.11 bits per heavy atom. The van der Waals surface area contributed by atoms with Gasteiger partial charge >= 0.3 is 6.09 Å². The molecule has 8 nitrogen and oxygen atoms in total. The number of nitrogens with zero attached hydrogens (tertiary/aromatic N) is 3. The van der Waals surface area contributed by atoms with E-state index in [2.05, 4.69) is 22.8 Å². The van der Waals surface area contributed by atoms with Crippen LogP contribution >= 0.6 is 24.4 Å². The van der Waals surface area contributed by atoms with Crippen molar-refractivity contribution in [2.24, 2.45) is 5.92 Å². The van der Waals surface area contributed by atoms with Crippen molar-refractivity contribution in [2.75, 3.05) is 71.8 Å². The van der Waals surface area contributed by atoms with E-state index in [4.69, 9.17) is 4.74 Å². The van der Waals surface area contributed by atoms with Gasteiger partial charge in [-0.15, -0.1) is 11.8 Å². The molecule has 3 rings (SSSR count). The summed E-state index contributed by atoms with van der Waals surface area (Å²) in [4.78, 5) is 40.4. The van der Waals surface area contributed by atoms with Gasteiger partial charge in [0.05, 0.1) is 18.4 Å². The lowest BCUT2D eigenvalue weighted by atomic mass is 9.89. The van der Waals surface area contributed by atoms with E-state index in [9.17, 15) is 14.4 Å². The number of methoxy groups -OCH3 is 1. The highest BCUT2D eigenvalue weighted by atomic mass is 32.2. The highest BCUT2D eigenvalue weighted by Crippen LogP contribution is 2.25. The summed E-state index contributed by atoms with van der Waals surface area (Å²) in [5.74, 6) is 0.772. The first-order valence-corrected chi connectivity index (χ1v) is 15.1. The van der Waals surface area contributed by atoms with Crippen molar-refractivity contribution in [3.8, 4) is 0 Å². The highest BCUT2D eigenvalue weighted by Gasteiger charge is 2.24. The number of carbonyl (C=O) groups excluding carboxylic acids is 3. The maximum absolute atomic E-state index is 11.9. The second-order valence-electron chi connectivity index (χ2n) is 8.64. The van der Waals surface area contributed by atoms with Crippen LogP contribution in [0.3, 0.4) is 0 Å². The molecule has 1 aliphatic carbocycles. The molecule has 3 amide bonds. The van der Waals surface area contributed by atoms with Gasteiger partial charge in [-0.25, -0.2) is 4.79 Å². The summed E-state index contributed by atoms with van der Waals surface area (Å²) in [5.41, 5.74) is 1.04. The zero-order valence-corrected chi connectivity index (χ0v) is 25.5. The number of nitrogens with one attached hydrogen (secondary N) is 1. The van der Waals surface area contributed by atoms with Crippen LogP contribution in [0, 0.1) is 5.92 Å². The van der Waals surface area contributed by atoms with Crippen molar-refractivity contribution in [2.45, 2.75) is 50.8 Å². The molecule has 0 atom stereocenters. The van der Waals surface area contributed by atoms with E-state index >= 15 is 0 Å². The maximum atomic E-state index is 11.9. The molecule has 1 saturated heterocycles. The van der Waals surface area contributed by atoms with E-state index < -0.39 is 0 Å². The molecule has 0 radical (unpaired) electrons. The van der Waals surface area contributed by atoms with Gasteiger partial charge in [-0.05, 0) is 49.5 Å². The smallest absolute Gasteiger partial charge is 0.409 e. The van der Waals surface area contributed by atoms with Crippen molar-refractivity contribution in [1.82, 2.24) is 14.7 Å². The molecule has 0 aromatic heterocycles. The molecule has 1 heterocycles. The van der Waals surface area contributed by atoms with E-state index in [1.165, 1.54) is 50.7 Å². The lowest BCUT2D eigenvalue weighted by Gasteiger charge is -2.36. The molecule has 1 aromatic rings. The molecule has 2 aliphatic rings. The third-order valence-corrected chi connectivity index (χ3v) is 6.85. The zero-order valence-electron chi connectivity index (χ0n) is 23.8. The van der Waals surface area contributed by atoms with Gasteiger partial charge < -0.3 is 19.9 Å². The molecular formula is C27H48N4O4S2. The van der Waals surface area contributed by atoms with Crippen LogP contribution in [0.25, 0.3) is 0 Å². The SMILES string of the molecule is CC.COC(=O)N1CCN(CC2CCCCC2)CC1.CS.CSc1ccc(NC=O)c(C(=O)N(C)C)c1. The Morgan fingerprint density at radius 3 is 2.19 bits per heavy atom. The Labute approximate surface area is 234 Å². The number of ether oxygens (including phenoxy) is 1. The lowest BCUT2D eigenvalue weighted by molar-refractivity contribution is -0.105. The van der Waals surface area contributed by atoms with Crippen LogP contribution < -0.4 is 5.32 Å². The van der Waals surface area contributed by atoms with E-state index in [1.807, 2.05) is 26.2 Å². The fraction of sp³-hybridized carbons (Fsp3) is 0.667. The first-order chi connectivity index (χ1) is 17.9. The molecule has 1 saturated carbocycles. The summed E-state index contributed by atoms with van der Waals surface area (Å²) in [6.45, 7) is 8.88. The van der Waals surface area contributed by atoms with E-state index in [0.29, 0.717) is 17.7 Å². The van der Waals surface area contributed by atoms with Crippen LogP contribution in [0.5, 0.6) is 0 Å². The largest absolute Gasteiger partial charge is 0.453 e. The van der Waals surface area contributed by atoms with Gasteiger partial charge in [-0.2, -0.15) is 12.6 Å². The predicted molar refractivity (Wildman–Crippen MR) is 159 cm³/mol. The van der Waals surface area contributed by atoms with Crippen LogP contribution in [0.1, 0.15) is 56.3 Å². The Morgan fingerprint density at radius 2 is 1.70 bits per heavy atom. The molecule has 1 aromatic carbocycles. The average Bonchev–Trinajstić information content (AvgIpc) is 2.96. The normalized spacial score (nSPS) is 15.4. The average molecular weight is 557 g/mol. The van der Waals surface area contributed by atoms with Crippen LogP contribution in [-0.4, -0.2) is 99.6 Å². The molecule has 0 spiro atoms. The van der Waals surface area contributed by atoms with E-state index in [0.717, 1.165) is 37.0 Å². The summed E-state index contributed by atoms with van der Waals surface area (Å²) in [6, 6.07) is 5.37. The van der Waals surface area contributed by atoms with Crippen LogP contribution in [0.2, 0.25) is 0 Å². The molecule has 1 N–H and O–H groups in total. The number of benzene rings is 1. The highest BCUT2D eigenvalue weighted by molar-refractivity contribution is 7.98. The molecule has 1 aliphatic heterocycles. The molecule has 0 bridgehead atoms. The number of thiol groups is 1. The van der Waals surface area contributed by atoms with Gasteiger partial charge in [0.25, 0.3) is 5.91 Å². The van der Waals surface area contributed by atoms with Gasteiger partial charge in [0.2, 0.25) is 6.41 Å². The number of rotatable bonds is 6. The quantitative estimate of drug-likeness (QED) is 0.285. The van der Waals surface area contributed by atoms with Crippen molar-refractivity contribution in [3.05, 3.63) is 23.8 Å². The van der Waals surface area contributed by atoms with Gasteiger partial charge in [0.1, 0.15) is 0 Å². The van der Waals surface area contributed by atoms with Crippen LogP contribution in [0.4, 0.5) is 10.5 Å². The molecule has 10 heteroatoms. The summed E-state index contributed by atoms with van der Waals surface area (Å²) in [6.07, 6.45) is 11.1. The zero-order chi connectivity index (χ0) is 28.2. The predicted octanol–water partition coefficient (Wildman–Crippen LogP) is 5.20. The number of thioether (sulfide) groups is 1. The number of hydrogen-bond acceptors (Lipinski definition) is 7. The topological polar surface area (TPSA) is 82.2 Å². The van der Waals surface area contributed by atoms with Gasteiger partial charge in [-0.1, -0.05) is 33.1 Å². The van der Waals surface area contributed by atoms with Gasteiger partial charge in [0.15, 0.2) is 0 Å². The minimum atomic E-state index is -0.178. The number of carbonyl (C=O) groups is 3. The number of amides is 3. The number of piperazine rings is 1. The second kappa shape index (κ2) is 21.1. The first-order valence-electron chi connectivity index (χ1n) is 13.0. The first kappa shape index (κ1) is 35.1. The Kier molecular flexibility index (Phi) is 20.0. The minimum Gasteiger partial charge on any atom is -0.453 e. The van der Waals surface area contributed by atoms with E-state index in [-0.39, 0.29) is 12.0 Å². The van der Waals surface area contributed by atoms with Gasteiger partial charge in [-0.3, -0.25) is 14.5 Å². The van der Waals surface area contributed by atoms with Crippen LogP contribution in [0.15, 0.2) is 23.1 Å². The van der Waals surface area contributed by atoms with Crippen LogP contribution in [-0.2, 0) is 9.53 Å². The third kappa shape index (κ3) is 12.9. The Balaban J connectivity index is 0.000000619. The fourth-order valence-electron chi connectivity index (χ4n) is 4.23. The number of anilines is 1. The lowest BCUT2D eigenvalue weighted by Crippen LogP contribution is -2.49. The number of hydrogen-bond donors (Lipinski definition) is 2. The summed E-state index contributed by atoms with van der Waals surface area (Å²) >= 11 is 5.08. The van der Waals surface area contributed by atoms with Crippen molar-refractivity contribution in [1.29, 1.82) is 0 Å². The maximum Gasteiger partial charge on any atom is 0.409 e. The monoisotopic (exact) mass is 556 g/mol. The van der Waals surface area contributed by atoms with Gasteiger partial charge in [0, 0.05) is 51.7 Å². The molecule has 37 heavy (non-hydrogen) atoms. The Hall–Kier alpha value is -1.91. The van der Waals surface area contributed by atoms with Crippen molar-refractivity contribution < 1.29 is 19.1 Å². The molecule has 212 valence electrons. The Bertz CT molecular complexity index is 782. The molecule has 2 fully saturated rings. The fourth-order valence-corrected chi connectivity index (χ4v) is 4.67. The molecular weight excluding hydrogens is 508 g/mol. The standard InChI is InChI=1S/C13H24N2O2.C11H14N2O2S.C2H6.CH4S/c1-17-13(16)15-9-7-14(8-10-15)11-12-5-3-2-4-6-12;1-13(2)11(15)9-6-8(16-3)4-5-10(9)12-7-14;2*1-2/h12H,2-11H2,1H3;4-7H,1-3H3,(H,12,14);1-2H3;2H,1H3. The van der Waals surface area contributed by atoms with Crippen molar-refractivity contribution in [3.63, 3.8) is 0 Å². The van der Waals surface area contributed by atoms with E-state index in [1.54, 1.807) is 49.1 Å². The molecule has 0 unspecified atom stereocenters. The third-order valence-electron chi connectivity index (χ3n) is 6.12. The second-order valence-corrected chi connectivity index (χ2v) is 9.51. The summed E-state index contributed by atoms with van der Waals surface area (Å²) in [7, 11) is 4.81. The van der Waals surface area contributed by atoms with Crippen molar-refractivity contribution >= 4 is 48.5 Å².